The summed E-state index contributed by atoms with van der Waals surface area (Å²) in [5, 5.41) is 35.9. The van der Waals surface area contributed by atoms with Crippen molar-refractivity contribution in [3.05, 3.63) is 110 Å². The van der Waals surface area contributed by atoms with Crippen molar-refractivity contribution >= 4 is 29.5 Å². The lowest BCUT2D eigenvalue weighted by atomic mass is 9.94. The fraction of sp³-hybridized carbons (Fsp3) is 0.400. The van der Waals surface area contributed by atoms with Crippen molar-refractivity contribution in [1.82, 2.24) is 15.1 Å². The minimum atomic E-state index is -1.19. The second-order valence-electron chi connectivity index (χ2n) is 12.6. The van der Waals surface area contributed by atoms with Gasteiger partial charge in [0.1, 0.15) is 19.0 Å². The molecule has 16 heteroatoms. The van der Waals surface area contributed by atoms with Crippen LogP contribution in [0.2, 0.25) is 0 Å². The fourth-order valence-corrected chi connectivity index (χ4v) is 6.34. The molecular weight excluding hydrogens is 666 g/mol. The molecule has 16 nitrogen and oxygen atoms in total. The SMILES string of the molecule is COc1ccc(C[C@H]2C[C@@H]([C@@H](O)CC(=O)N3CC[C@H](NC(=O)OCc4ccc([N+](=O)[O-])cc4)C3)N(C(=O)OCc3ccc([N+](=O)[O-])cc3)C2)cc1. The summed E-state index contributed by atoms with van der Waals surface area (Å²) in [5.74, 6) is 0.355. The van der Waals surface area contributed by atoms with Gasteiger partial charge in [-0.25, -0.2) is 9.59 Å². The zero-order chi connectivity index (χ0) is 36.5. The van der Waals surface area contributed by atoms with E-state index < -0.39 is 34.2 Å². The zero-order valence-electron chi connectivity index (χ0n) is 27.9. The van der Waals surface area contributed by atoms with Gasteiger partial charge in [0.2, 0.25) is 5.91 Å². The molecule has 2 fully saturated rings. The van der Waals surface area contributed by atoms with Crippen LogP contribution in [-0.4, -0.2) is 87.8 Å². The topological polar surface area (TPSA) is 204 Å². The molecule has 0 radical (unpaired) electrons. The van der Waals surface area contributed by atoms with Crippen LogP contribution in [-0.2, 0) is 33.9 Å². The highest BCUT2D eigenvalue weighted by molar-refractivity contribution is 5.78. The number of hydrogen-bond acceptors (Lipinski definition) is 11. The van der Waals surface area contributed by atoms with Gasteiger partial charge in [0, 0.05) is 43.9 Å². The van der Waals surface area contributed by atoms with E-state index in [4.69, 9.17) is 14.2 Å². The third kappa shape index (κ3) is 9.91. The molecule has 3 aromatic carbocycles. The first-order valence-electron chi connectivity index (χ1n) is 16.4. The van der Waals surface area contributed by atoms with Crippen LogP contribution in [0, 0.1) is 26.1 Å². The maximum atomic E-state index is 13.4. The predicted octanol–water partition coefficient (Wildman–Crippen LogP) is 4.36. The maximum Gasteiger partial charge on any atom is 0.410 e. The standard InChI is InChI=1S/C35H39N5O11/c1-49-30-12-6-23(7-13-30)16-26-17-31(38(19-26)35(44)51-22-25-4-10-29(11-5-25)40(47)48)32(41)18-33(42)37-15-14-27(20-37)36-34(43)50-21-24-2-8-28(9-3-24)39(45)46/h2-13,26-27,31-32,41H,14-22H2,1H3,(H,36,43)/t26-,27-,31-,32-/m0/s1. The summed E-state index contributed by atoms with van der Waals surface area (Å²) >= 11 is 0. The summed E-state index contributed by atoms with van der Waals surface area (Å²) in [7, 11) is 1.58. The van der Waals surface area contributed by atoms with Crippen molar-refractivity contribution < 1.29 is 43.5 Å². The lowest BCUT2D eigenvalue weighted by Crippen LogP contribution is -2.45. The number of nitrogens with one attached hydrogen (secondary N) is 1. The summed E-state index contributed by atoms with van der Waals surface area (Å²) in [4.78, 5) is 62.8. The molecule has 2 aliphatic heterocycles. The van der Waals surface area contributed by atoms with Crippen LogP contribution in [0.15, 0.2) is 72.8 Å². The molecule has 0 aliphatic carbocycles. The van der Waals surface area contributed by atoms with Crippen LogP contribution in [0.3, 0.4) is 0 Å². The average Bonchev–Trinajstić information content (AvgIpc) is 3.78. The first-order chi connectivity index (χ1) is 24.5. The number of amides is 3. The van der Waals surface area contributed by atoms with Crippen LogP contribution in [0.5, 0.6) is 5.75 Å². The molecule has 0 saturated carbocycles. The van der Waals surface area contributed by atoms with Crippen molar-refractivity contribution in [2.45, 2.75) is 57.1 Å². The van der Waals surface area contributed by atoms with Crippen LogP contribution < -0.4 is 10.1 Å². The van der Waals surface area contributed by atoms with E-state index >= 15 is 0 Å². The number of non-ortho nitro benzene ring substituents is 2. The Balaban J connectivity index is 1.15. The molecule has 2 heterocycles. The third-order valence-corrected chi connectivity index (χ3v) is 9.07. The molecule has 4 atom stereocenters. The number of ether oxygens (including phenoxy) is 3. The van der Waals surface area contributed by atoms with E-state index in [2.05, 4.69) is 5.32 Å². The number of aliphatic hydroxyl groups is 1. The normalized spacial score (nSPS) is 18.9. The number of rotatable bonds is 13. The van der Waals surface area contributed by atoms with E-state index in [1.165, 1.54) is 53.4 Å². The lowest BCUT2D eigenvalue weighted by molar-refractivity contribution is -0.385. The van der Waals surface area contributed by atoms with Crippen LogP contribution >= 0.6 is 0 Å². The van der Waals surface area contributed by atoms with Gasteiger partial charge in [0.25, 0.3) is 11.4 Å². The highest BCUT2D eigenvalue weighted by atomic mass is 16.6. The lowest BCUT2D eigenvalue weighted by Gasteiger charge is -2.28. The Morgan fingerprint density at radius 2 is 1.43 bits per heavy atom. The summed E-state index contributed by atoms with van der Waals surface area (Å²) in [6.07, 6.45) is -1.27. The molecular formula is C35H39N5O11. The second-order valence-corrected chi connectivity index (χ2v) is 12.6. The highest BCUT2D eigenvalue weighted by Crippen LogP contribution is 2.31. The van der Waals surface area contributed by atoms with Crippen LogP contribution in [0.25, 0.3) is 0 Å². The molecule has 2 saturated heterocycles. The van der Waals surface area contributed by atoms with E-state index in [-0.39, 0.29) is 55.4 Å². The van der Waals surface area contributed by atoms with Gasteiger partial charge in [-0.15, -0.1) is 0 Å². The minimum absolute atomic E-state index is 0.0301. The molecule has 3 amide bonds. The van der Waals surface area contributed by atoms with Crippen molar-refractivity contribution in [3.8, 4) is 5.75 Å². The Labute approximate surface area is 293 Å². The minimum Gasteiger partial charge on any atom is -0.497 e. The van der Waals surface area contributed by atoms with Crippen LogP contribution in [0.4, 0.5) is 21.0 Å². The summed E-state index contributed by atoms with van der Waals surface area (Å²) < 4.78 is 16.0. The molecule has 2 aliphatic rings. The molecule has 3 aromatic rings. The highest BCUT2D eigenvalue weighted by Gasteiger charge is 2.41. The number of nitrogens with zero attached hydrogens (tertiary/aromatic N) is 4. The number of nitro groups is 2. The van der Waals surface area contributed by atoms with Crippen molar-refractivity contribution in [2.24, 2.45) is 5.92 Å². The smallest absolute Gasteiger partial charge is 0.410 e. The molecule has 270 valence electrons. The molecule has 51 heavy (non-hydrogen) atoms. The first kappa shape index (κ1) is 36.5. The third-order valence-electron chi connectivity index (χ3n) is 9.07. The monoisotopic (exact) mass is 705 g/mol. The molecule has 0 bridgehead atoms. The molecule has 5 rings (SSSR count). The van der Waals surface area contributed by atoms with E-state index in [1.807, 2.05) is 24.3 Å². The van der Waals surface area contributed by atoms with Gasteiger partial charge in [-0.3, -0.25) is 25.0 Å². The van der Waals surface area contributed by atoms with Gasteiger partial charge < -0.3 is 34.4 Å². The van der Waals surface area contributed by atoms with E-state index in [1.54, 1.807) is 12.0 Å². The van der Waals surface area contributed by atoms with Gasteiger partial charge in [0.05, 0.1) is 41.6 Å². The molecule has 2 N–H and O–H groups in total. The average molecular weight is 706 g/mol. The Kier molecular flexibility index (Phi) is 12.0. The van der Waals surface area contributed by atoms with E-state index in [9.17, 15) is 39.7 Å². The zero-order valence-corrected chi connectivity index (χ0v) is 27.9. The fourth-order valence-electron chi connectivity index (χ4n) is 6.34. The van der Waals surface area contributed by atoms with Gasteiger partial charge >= 0.3 is 12.2 Å². The number of nitro benzene ring substituents is 2. The van der Waals surface area contributed by atoms with Crippen LogP contribution in [0.1, 0.15) is 36.0 Å². The number of alkyl carbamates (subject to hydrolysis) is 1. The number of hydrogen-bond donors (Lipinski definition) is 2. The largest absolute Gasteiger partial charge is 0.497 e. The molecule has 0 unspecified atom stereocenters. The van der Waals surface area contributed by atoms with Gasteiger partial charge in [-0.1, -0.05) is 12.1 Å². The van der Waals surface area contributed by atoms with Gasteiger partial charge in [-0.2, -0.15) is 0 Å². The number of carbonyl (C=O) groups excluding carboxylic acids is 3. The first-order valence-corrected chi connectivity index (χ1v) is 16.4. The van der Waals surface area contributed by atoms with Crippen molar-refractivity contribution in [3.63, 3.8) is 0 Å². The predicted molar refractivity (Wildman–Crippen MR) is 181 cm³/mol. The number of methoxy groups -OCH3 is 1. The second kappa shape index (κ2) is 16.8. The van der Waals surface area contributed by atoms with E-state index in [0.717, 1.165) is 5.56 Å². The number of carbonyl (C=O) groups is 3. The van der Waals surface area contributed by atoms with Crippen molar-refractivity contribution in [2.75, 3.05) is 26.7 Å². The quantitative estimate of drug-likeness (QED) is 0.189. The Morgan fingerprint density at radius 3 is 2.00 bits per heavy atom. The summed E-state index contributed by atoms with van der Waals surface area (Å²) in [6.45, 7) is 0.642. The van der Waals surface area contributed by atoms with Gasteiger partial charge in [-0.05, 0) is 78.3 Å². The Hall–Kier alpha value is -5.77. The molecule has 0 spiro atoms. The summed E-state index contributed by atoms with van der Waals surface area (Å²) in [5.41, 5.74) is 2.00. The Morgan fingerprint density at radius 1 is 0.863 bits per heavy atom. The Bertz CT molecular complexity index is 1700. The van der Waals surface area contributed by atoms with E-state index in [0.29, 0.717) is 49.2 Å². The summed E-state index contributed by atoms with van der Waals surface area (Å²) in [6, 6.07) is 17.8. The number of likely N-dealkylation sites (tertiary alicyclic amines) is 2. The number of aliphatic hydroxyl groups excluding tert-OH is 1. The van der Waals surface area contributed by atoms with Crippen molar-refractivity contribution in [1.29, 1.82) is 0 Å². The van der Waals surface area contributed by atoms with Gasteiger partial charge in [0.15, 0.2) is 0 Å². The number of benzene rings is 3. The maximum absolute atomic E-state index is 13.4. The molecule has 0 aromatic heterocycles.